The first-order valence-electron chi connectivity index (χ1n) is 18.3. The lowest BCUT2D eigenvalue weighted by Gasteiger charge is -2.28. The second-order valence-corrected chi connectivity index (χ2v) is 19.4. The average molecular weight is 809 g/mol. The summed E-state index contributed by atoms with van der Waals surface area (Å²) in [6, 6.07) is 7.34. The maximum absolute atomic E-state index is 13.2. The van der Waals surface area contributed by atoms with Crippen molar-refractivity contribution in [2.45, 2.75) is 114 Å². The first-order chi connectivity index (χ1) is 25.2. The molecule has 2 heterocycles. The number of para-hydroxylation sites is 1. The van der Waals surface area contributed by atoms with Crippen LogP contribution >= 0.6 is 11.6 Å². The number of carbonyl (C=O) groups is 4. The summed E-state index contributed by atoms with van der Waals surface area (Å²) in [6.07, 6.45) is 1.19. The topological polar surface area (TPSA) is 200 Å². The van der Waals surface area contributed by atoms with Gasteiger partial charge in [-0.1, -0.05) is 71.3 Å². The second kappa shape index (κ2) is 17.7. The molecule has 0 spiro atoms. The molecule has 0 saturated carbocycles. The summed E-state index contributed by atoms with van der Waals surface area (Å²) in [5.74, 6) is -1.06. The van der Waals surface area contributed by atoms with Gasteiger partial charge < -0.3 is 20.9 Å². The molecule has 2 aromatic rings. The van der Waals surface area contributed by atoms with Crippen LogP contribution < -0.4 is 25.4 Å². The van der Waals surface area contributed by atoms with Crippen LogP contribution in [0, 0.1) is 0 Å². The third-order valence-electron chi connectivity index (χ3n) is 10.3. The highest BCUT2D eigenvalue weighted by molar-refractivity contribution is 7.91. The van der Waals surface area contributed by atoms with Crippen LogP contribution in [0.1, 0.15) is 126 Å². The Morgan fingerprint density at radius 2 is 1.28 bits per heavy atom. The monoisotopic (exact) mass is 808 g/mol. The largest absolute Gasteiger partial charge is 0.356 e. The molecule has 0 bridgehead atoms. The molecule has 14 nitrogen and oxygen atoms in total. The van der Waals surface area contributed by atoms with Gasteiger partial charge in [-0.25, -0.2) is 35.9 Å². The number of piperidine rings is 2. The fourth-order valence-corrected chi connectivity index (χ4v) is 9.74. The minimum atomic E-state index is -4.14. The van der Waals surface area contributed by atoms with Crippen molar-refractivity contribution < 1.29 is 36.0 Å². The first kappa shape index (κ1) is 42.8. The summed E-state index contributed by atoms with van der Waals surface area (Å²) in [5, 5.41) is 6.61. The zero-order valence-corrected chi connectivity index (χ0v) is 34.3. The summed E-state index contributed by atoms with van der Waals surface area (Å²) in [5.41, 5.74) is 4.05. The Kier molecular flexibility index (Phi) is 14.1. The van der Waals surface area contributed by atoms with Crippen LogP contribution in [0.15, 0.2) is 30.3 Å². The van der Waals surface area contributed by atoms with Crippen molar-refractivity contribution in [3.05, 3.63) is 57.6 Å². The number of nitrogens with one attached hydrogen (secondary N) is 5. The summed E-state index contributed by atoms with van der Waals surface area (Å²) >= 11 is 6.58. The maximum atomic E-state index is 13.2. The standard InChI is InChI=1S/C37H53ClN6O8S2/c1-21(2)28-9-8-10-29(34(28)40-36(47)43-54(51,52)27-14-16-44(7)33(46)20-27)23(5)11-12-24(6)31-18-25(38)17-30(22(3)4)35(31)41-37(48)42-53(49,50)26-13-15-39-32(45)19-26/h8-10,17-18,21-24,26-27H,11-16,19-20H2,1-7H3,(H,39,45)(H2,40,43,47)(H2,41,42,48). The molecule has 17 heteroatoms. The van der Waals surface area contributed by atoms with Gasteiger partial charge in [-0.2, -0.15) is 0 Å². The third kappa shape index (κ3) is 10.7. The maximum Gasteiger partial charge on any atom is 0.332 e. The van der Waals surface area contributed by atoms with E-state index in [1.807, 2.05) is 59.7 Å². The Labute approximate surface area is 324 Å². The molecular weight excluding hydrogens is 756 g/mol. The van der Waals surface area contributed by atoms with Gasteiger partial charge in [0.15, 0.2) is 0 Å². The number of benzene rings is 2. The average Bonchev–Trinajstić information content (AvgIpc) is 3.08. The second-order valence-electron chi connectivity index (χ2n) is 15.1. The van der Waals surface area contributed by atoms with Crippen LogP contribution in [0.25, 0.3) is 0 Å². The number of halogens is 1. The van der Waals surface area contributed by atoms with Gasteiger partial charge in [-0.05, 0) is 83.7 Å². The van der Waals surface area contributed by atoms with Crippen molar-refractivity contribution in [2.75, 3.05) is 30.8 Å². The van der Waals surface area contributed by atoms with Crippen molar-refractivity contribution in [2.24, 2.45) is 0 Å². The lowest BCUT2D eigenvalue weighted by Crippen LogP contribution is -2.47. The van der Waals surface area contributed by atoms with E-state index in [1.165, 1.54) is 4.90 Å². The molecule has 0 radical (unpaired) electrons. The number of hydrogen-bond donors (Lipinski definition) is 5. The van der Waals surface area contributed by atoms with E-state index in [1.54, 1.807) is 19.2 Å². The van der Waals surface area contributed by atoms with Gasteiger partial charge in [-0.3, -0.25) is 9.59 Å². The number of anilines is 2. The molecule has 4 rings (SSSR count). The lowest BCUT2D eigenvalue weighted by atomic mass is 9.85. The van der Waals surface area contributed by atoms with Crippen molar-refractivity contribution in [1.29, 1.82) is 0 Å². The quantitative estimate of drug-likeness (QED) is 0.160. The molecular formula is C37H53ClN6O8S2. The Balaban J connectivity index is 1.53. The molecule has 5 N–H and O–H groups in total. The van der Waals surface area contributed by atoms with Gasteiger partial charge in [-0.15, -0.1) is 0 Å². The highest BCUT2D eigenvalue weighted by Crippen LogP contribution is 2.40. The van der Waals surface area contributed by atoms with Crippen LogP contribution in [0.3, 0.4) is 0 Å². The summed E-state index contributed by atoms with van der Waals surface area (Å²) in [6.45, 7) is 12.3. The first-order valence-corrected chi connectivity index (χ1v) is 21.8. The minimum Gasteiger partial charge on any atom is -0.356 e. The third-order valence-corrected chi connectivity index (χ3v) is 14.0. The van der Waals surface area contributed by atoms with E-state index in [0.29, 0.717) is 34.8 Å². The molecule has 4 unspecified atom stereocenters. The Bertz CT molecular complexity index is 1970. The van der Waals surface area contributed by atoms with Crippen molar-refractivity contribution in [3.8, 4) is 0 Å². The fourth-order valence-electron chi connectivity index (χ4n) is 6.98. The zero-order valence-electron chi connectivity index (χ0n) is 31.9. The number of sulfonamides is 2. The van der Waals surface area contributed by atoms with Crippen LogP contribution in [0.5, 0.6) is 0 Å². The summed E-state index contributed by atoms with van der Waals surface area (Å²) in [4.78, 5) is 52.0. The Morgan fingerprint density at radius 1 is 0.778 bits per heavy atom. The molecule has 0 aromatic heterocycles. The van der Waals surface area contributed by atoms with E-state index >= 15 is 0 Å². The molecule has 4 atom stereocenters. The fraction of sp³-hybridized carbons (Fsp3) is 0.568. The van der Waals surface area contributed by atoms with Crippen molar-refractivity contribution in [1.82, 2.24) is 19.7 Å². The minimum absolute atomic E-state index is 0.00531. The highest BCUT2D eigenvalue weighted by Gasteiger charge is 2.35. The number of amides is 6. The number of carbonyl (C=O) groups excluding carboxylic acids is 4. The van der Waals surface area contributed by atoms with Gasteiger partial charge in [0.05, 0.1) is 10.5 Å². The van der Waals surface area contributed by atoms with E-state index in [4.69, 9.17) is 11.6 Å². The van der Waals surface area contributed by atoms with E-state index in [2.05, 4.69) is 25.4 Å². The smallest absolute Gasteiger partial charge is 0.332 e. The molecule has 298 valence electrons. The van der Waals surface area contributed by atoms with Gasteiger partial charge in [0.25, 0.3) is 0 Å². The van der Waals surface area contributed by atoms with Crippen LogP contribution in [0.4, 0.5) is 21.0 Å². The Morgan fingerprint density at radius 3 is 1.81 bits per heavy atom. The number of likely N-dealkylation sites (tertiary alicyclic amines) is 1. The number of rotatable bonds is 13. The molecule has 2 aromatic carbocycles. The molecule has 2 aliphatic heterocycles. The van der Waals surface area contributed by atoms with E-state index in [-0.39, 0.29) is 74.3 Å². The van der Waals surface area contributed by atoms with Gasteiger partial charge in [0.2, 0.25) is 31.9 Å². The lowest BCUT2D eigenvalue weighted by molar-refractivity contribution is -0.131. The summed E-state index contributed by atoms with van der Waals surface area (Å²) in [7, 11) is -6.65. The normalized spacial score (nSPS) is 19.3. The van der Waals surface area contributed by atoms with Gasteiger partial charge in [0, 0.05) is 49.4 Å². The Hall–Kier alpha value is -3.89. The van der Waals surface area contributed by atoms with Crippen molar-refractivity contribution in [3.63, 3.8) is 0 Å². The number of urea groups is 2. The van der Waals surface area contributed by atoms with Crippen LogP contribution in [-0.4, -0.2) is 76.2 Å². The zero-order chi connectivity index (χ0) is 40.1. The van der Waals surface area contributed by atoms with E-state index in [9.17, 15) is 36.0 Å². The van der Waals surface area contributed by atoms with E-state index < -0.39 is 42.6 Å². The molecule has 2 aliphatic rings. The predicted molar refractivity (Wildman–Crippen MR) is 211 cm³/mol. The molecule has 0 aliphatic carbocycles. The van der Waals surface area contributed by atoms with Gasteiger partial charge in [0.1, 0.15) is 0 Å². The van der Waals surface area contributed by atoms with Gasteiger partial charge >= 0.3 is 12.1 Å². The van der Waals surface area contributed by atoms with E-state index in [0.717, 1.165) is 16.7 Å². The summed E-state index contributed by atoms with van der Waals surface area (Å²) < 4.78 is 56.5. The van der Waals surface area contributed by atoms with Crippen LogP contribution in [0.2, 0.25) is 5.02 Å². The number of hydrogen-bond acceptors (Lipinski definition) is 8. The predicted octanol–water partition coefficient (Wildman–Crippen LogP) is 6.08. The van der Waals surface area contributed by atoms with Crippen molar-refractivity contribution >= 4 is 66.9 Å². The van der Waals surface area contributed by atoms with Crippen LogP contribution in [-0.2, 0) is 29.6 Å². The highest BCUT2D eigenvalue weighted by atomic mass is 35.5. The molecule has 2 fully saturated rings. The molecule has 2 saturated heterocycles. The SMILES string of the molecule is CC(C)c1cc(Cl)cc(C(C)CCC(C)c2cccc(C(C)C)c2NC(=O)NS(=O)(=O)C2CCN(C)C(=O)C2)c1NC(=O)NS(=O)(=O)C1CCNC(=O)C1. The molecule has 6 amide bonds. The molecule has 54 heavy (non-hydrogen) atoms. The number of nitrogens with zero attached hydrogens (tertiary/aromatic N) is 1.